The van der Waals surface area contributed by atoms with Gasteiger partial charge in [-0.05, 0) is 31.2 Å². The van der Waals surface area contributed by atoms with Gasteiger partial charge in [-0.3, -0.25) is 9.59 Å². The molecule has 2 atom stereocenters. The van der Waals surface area contributed by atoms with E-state index in [2.05, 4.69) is 10.4 Å². The number of rotatable bonds is 5. The summed E-state index contributed by atoms with van der Waals surface area (Å²) in [6, 6.07) is 19.3. The summed E-state index contributed by atoms with van der Waals surface area (Å²) in [7, 11) is 0. The van der Waals surface area contributed by atoms with E-state index in [1.54, 1.807) is 29.4 Å². The number of para-hydroxylation sites is 1. The van der Waals surface area contributed by atoms with Gasteiger partial charge in [0.05, 0.1) is 23.7 Å². The van der Waals surface area contributed by atoms with Crippen LogP contribution in [0.15, 0.2) is 71.8 Å². The third-order valence-corrected chi connectivity index (χ3v) is 6.80. The van der Waals surface area contributed by atoms with Crippen molar-refractivity contribution in [2.24, 2.45) is 5.92 Å². The summed E-state index contributed by atoms with van der Waals surface area (Å²) in [6.07, 6.45) is 3.72. The molecule has 0 fully saturated rings. The Hall–Kier alpha value is -3.83. The van der Waals surface area contributed by atoms with Crippen molar-refractivity contribution in [1.82, 2.24) is 15.1 Å². The van der Waals surface area contributed by atoms with Crippen molar-refractivity contribution in [2.45, 2.75) is 29.7 Å². The monoisotopic (exact) mass is 456 g/mol. The molecule has 0 saturated carbocycles. The number of Topliss-reactive ketones (excluding diaryl/α,β-unsaturated/α-hetero) is 1. The maximum absolute atomic E-state index is 13.5. The Morgan fingerprint density at radius 2 is 1.97 bits per heavy atom. The summed E-state index contributed by atoms with van der Waals surface area (Å²) in [6.45, 7) is 1.70. The minimum absolute atomic E-state index is 0.146. The van der Waals surface area contributed by atoms with E-state index in [0.717, 1.165) is 27.4 Å². The van der Waals surface area contributed by atoms with Gasteiger partial charge in [0, 0.05) is 28.2 Å². The normalized spacial score (nSPS) is 19.0. The van der Waals surface area contributed by atoms with E-state index < -0.39 is 23.3 Å². The Labute approximate surface area is 195 Å². The van der Waals surface area contributed by atoms with Crippen molar-refractivity contribution in [1.29, 1.82) is 5.26 Å². The zero-order valence-corrected chi connectivity index (χ0v) is 18.6. The van der Waals surface area contributed by atoms with Gasteiger partial charge < -0.3 is 10.1 Å². The molecule has 2 aliphatic rings. The average molecular weight is 457 g/mol. The summed E-state index contributed by atoms with van der Waals surface area (Å²) in [5, 5.41) is 17.1. The van der Waals surface area contributed by atoms with Crippen LogP contribution in [0.2, 0.25) is 0 Å². The van der Waals surface area contributed by atoms with Crippen LogP contribution in [-0.2, 0) is 15.3 Å². The highest BCUT2D eigenvalue weighted by Crippen LogP contribution is 2.44. The van der Waals surface area contributed by atoms with E-state index in [-0.39, 0.29) is 5.69 Å². The molecule has 5 rings (SSSR count). The maximum Gasteiger partial charge on any atom is 0.248 e. The van der Waals surface area contributed by atoms with Crippen molar-refractivity contribution in [2.75, 3.05) is 0 Å². The zero-order chi connectivity index (χ0) is 23.0. The largest absolute Gasteiger partial charge is 0.476 e. The minimum Gasteiger partial charge on any atom is -0.476 e. The van der Waals surface area contributed by atoms with Crippen molar-refractivity contribution in [3.63, 3.8) is 0 Å². The van der Waals surface area contributed by atoms with Crippen molar-refractivity contribution < 1.29 is 14.3 Å². The van der Waals surface area contributed by atoms with Gasteiger partial charge in [0.1, 0.15) is 5.69 Å². The number of amides is 1. The molecule has 1 amide bonds. The van der Waals surface area contributed by atoms with Gasteiger partial charge in [0.2, 0.25) is 11.7 Å². The summed E-state index contributed by atoms with van der Waals surface area (Å²) < 4.78 is 7.16. The molecule has 8 heteroatoms. The molecule has 33 heavy (non-hydrogen) atoms. The lowest BCUT2D eigenvalue weighted by Crippen LogP contribution is -2.49. The maximum atomic E-state index is 13.5. The highest BCUT2D eigenvalue weighted by Gasteiger charge is 2.38. The molecule has 3 heterocycles. The van der Waals surface area contributed by atoms with Crippen molar-refractivity contribution in [3.8, 4) is 23.0 Å². The van der Waals surface area contributed by atoms with Crippen molar-refractivity contribution in [3.05, 3.63) is 78.2 Å². The fourth-order valence-corrected chi connectivity index (χ4v) is 5.13. The average Bonchev–Trinajstić information content (AvgIpc) is 3.44. The van der Waals surface area contributed by atoms with Gasteiger partial charge in [-0.15, -0.1) is 11.8 Å². The first-order chi connectivity index (χ1) is 16.0. The number of nitrogens with one attached hydrogen (secondary N) is 1. The predicted octanol–water partition coefficient (Wildman–Crippen LogP) is 4.23. The Morgan fingerprint density at radius 1 is 1.21 bits per heavy atom. The number of fused-ring (bicyclic) bond motifs is 3. The molecule has 2 unspecified atom stereocenters. The van der Waals surface area contributed by atoms with Crippen LogP contribution in [0.1, 0.15) is 29.4 Å². The number of aromatic nitrogens is 2. The minimum atomic E-state index is -1.53. The second-order valence-corrected chi connectivity index (χ2v) is 9.07. The molecule has 2 aliphatic heterocycles. The molecule has 0 saturated heterocycles. The van der Waals surface area contributed by atoms with Crippen LogP contribution < -0.4 is 5.32 Å². The highest BCUT2D eigenvalue weighted by atomic mass is 32.2. The van der Waals surface area contributed by atoms with Gasteiger partial charge in [0.25, 0.3) is 0 Å². The summed E-state index contributed by atoms with van der Waals surface area (Å²) in [4.78, 5) is 27.5. The number of ether oxygens (including phenoxy) is 1. The summed E-state index contributed by atoms with van der Waals surface area (Å²) in [5.74, 6) is -2.32. The Morgan fingerprint density at radius 3 is 2.70 bits per heavy atom. The zero-order valence-electron chi connectivity index (χ0n) is 17.8. The SMILES string of the molecule is CC1(NC(=O)C(C#N)C(=O)c2nn(-c3ccccc3)c3c2CSc2ccccc2-3)CC=CO1. The lowest BCUT2D eigenvalue weighted by atomic mass is 9.97. The van der Waals surface area contributed by atoms with E-state index in [1.807, 2.05) is 60.7 Å². The number of hydrogen-bond donors (Lipinski definition) is 1. The van der Waals surface area contributed by atoms with Crippen LogP contribution in [0, 0.1) is 17.2 Å². The van der Waals surface area contributed by atoms with E-state index >= 15 is 0 Å². The van der Waals surface area contributed by atoms with Crippen molar-refractivity contribution >= 4 is 23.5 Å². The highest BCUT2D eigenvalue weighted by molar-refractivity contribution is 7.98. The molecule has 2 aromatic carbocycles. The van der Waals surface area contributed by atoms with Crippen LogP contribution in [0.4, 0.5) is 0 Å². The molecule has 0 spiro atoms. The number of benzene rings is 2. The molecule has 1 aromatic heterocycles. The van der Waals surface area contributed by atoms with E-state index in [9.17, 15) is 14.9 Å². The molecule has 0 bridgehead atoms. The summed E-state index contributed by atoms with van der Waals surface area (Å²) >= 11 is 1.61. The number of carbonyl (C=O) groups is 2. The Bertz CT molecular complexity index is 1320. The number of nitrogens with zero attached hydrogens (tertiary/aromatic N) is 3. The first-order valence-corrected chi connectivity index (χ1v) is 11.5. The topological polar surface area (TPSA) is 97.0 Å². The second-order valence-electron chi connectivity index (χ2n) is 8.05. The quantitative estimate of drug-likeness (QED) is 0.456. The van der Waals surface area contributed by atoms with Gasteiger partial charge in [-0.2, -0.15) is 10.4 Å². The lowest BCUT2D eigenvalue weighted by molar-refractivity contribution is -0.128. The van der Waals surface area contributed by atoms with Gasteiger partial charge in [-0.25, -0.2) is 4.68 Å². The number of hydrogen-bond acceptors (Lipinski definition) is 6. The fraction of sp³-hybridized carbons (Fsp3) is 0.200. The fourth-order valence-electron chi connectivity index (χ4n) is 4.06. The molecule has 164 valence electrons. The van der Waals surface area contributed by atoms with Gasteiger partial charge in [-0.1, -0.05) is 36.4 Å². The van der Waals surface area contributed by atoms with Crippen LogP contribution in [0.3, 0.4) is 0 Å². The summed E-state index contributed by atoms with van der Waals surface area (Å²) in [5.41, 5.74) is 2.48. The van der Waals surface area contributed by atoms with E-state index in [4.69, 9.17) is 4.74 Å². The lowest BCUT2D eigenvalue weighted by Gasteiger charge is -2.25. The predicted molar refractivity (Wildman–Crippen MR) is 123 cm³/mol. The van der Waals surface area contributed by atoms with Crippen LogP contribution in [-0.4, -0.2) is 27.2 Å². The van der Waals surface area contributed by atoms with E-state index in [1.165, 1.54) is 6.26 Å². The van der Waals surface area contributed by atoms with Gasteiger partial charge >= 0.3 is 0 Å². The van der Waals surface area contributed by atoms with Gasteiger partial charge in [0.15, 0.2) is 11.6 Å². The first kappa shape index (κ1) is 21.0. The molecular weight excluding hydrogens is 436 g/mol. The third kappa shape index (κ3) is 3.70. The molecule has 0 aliphatic carbocycles. The van der Waals surface area contributed by atoms with Crippen LogP contribution in [0.25, 0.3) is 16.9 Å². The van der Waals surface area contributed by atoms with Crippen LogP contribution >= 0.6 is 11.8 Å². The smallest absolute Gasteiger partial charge is 0.248 e. The van der Waals surface area contributed by atoms with Crippen LogP contribution in [0.5, 0.6) is 0 Å². The second kappa shape index (κ2) is 8.26. The number of nitriles is 1. The third-order valence-electron chi connectivity index (χ3n) is 5.70. The Balaban J connectivity index is 1.58. The number of carbonyl (C=O) groups excluding carboxylic acids is 2. The van der Waals surface area contributed by atoms with E-state index in [0.29, 0.717) is 12.2 Å². The molecule has 3 aromatic rings. The number of ketones is 1. The molecular formula is C25H20N4O3S. The Kier molecular flexibility index (Phi) is 5.27. The molecule has 0 radical (unpaired) electrons. The number of thioether (sulfide) groups is 1. The standard InChI is InChI=1S/C25H20N4O3S/c1-25(12-7-13-32-25)27-24(31)18(14-26)23(30)21-19-15-33-20-11-6-5-10-17(20)22(19)29(28-21)16-8-3-2-4-9-16/h2-11,13,18H,12,15H2,1H3,(H,27,31). The molecule has 1 N–H and O–H groups in total. The molecule has 7 nitrogen and oxygen atoms in total. The first-order valence-electron chi connectivity index (χ1n) is 10.5.